The van der Waals surface area contributed by atoms with Crippen molar-refractivity contribution in [3.63, 3.8) is 0 Å². The molecule has 0 aliphatic heterocycles. The lowest BCUT2D eigenvalue weighted by Crippen LogP contribution is -1.93. The molecule has 2 heteroatoms. The third-order valence-corrected chi connectivity index (χ3v) is 0.969. The van der Waals surface area contributed by atoms with E-state index in [-0.39, 0.29) is 0 Å². The standard InChI is InChI=1S/C6H10OS/c1-3-5-6(8)7-4-2/h4H,2-3,5H2,1H3. The molecule has 0 atom stereocenters. The van der Waals surface area contributed by atoms with Crippen molar-refractivity contribution in [1.82, 2.24) is 0 Å². The Kier molecular flexibility index (Phi) is 4.56. The average Bonchev–Trinajstić information content (AvgIpc) is 1.68. The Balaban J connectivity index is 3.18. The number of hydrogen-bond acceptors (Lipinski definition) is 2. The van der Waals surface area contributed by atoms with Crippen molar-refractivity contribution < 1.29 is 4.74 Å². The maximum atomic E-state index is 4.78. The van der Waals surface area contributed by atoms with Crippen LogP contribution >= 0.6 is 12.2 Å². The minimum absolute atomic E-state index is 0.627. The minimum Gasteiger partial charge on any atom is -0.459 e. The monoisotopic (exact) mass is 130 g/mol. The first-order valence-corrected chi connectivity index (χ1v) is 3.02. The predicted molar refractivity (Wildman–Crippen MR) is 38.8 cm³/mol. The van der Waals surface area contributed by atoms with Gasteiger partial charge in [-0.1, -0.05) is 13.5 Å². The predicted octanol–water partition coefficient (Wildman–Crippen LogP) is 2.27. The molecule has 0 fully saturated rings. The summed E-state index contributed by atoms with van der Waals surface area (Å²) in [5.74, 6) is 0. The average molecular weight is 130 g/mol. The molecule has 0 unspecified atom stereocenters. The zero-order valence-corrected chi connectivity index (χ0v) is 5.83. The maximum Gasteiger partial charge on any atom is 0.166 e. The number of rotatable bonds is 3. The Hall–Kier alpha value is -0.370. The molecule has 0 radical (unpaired) electrons. The SMILES string of the molecule is C=COC(=S)CCC. The number of thiocarbonyl (C=S) groups is 1. The largest absolute Gasteiger partial charge is 0.459 e. The van der Waals surface area contributed by atoms with Crippen LogP contribution in [0.2, 0.25) is 0 Å². The topological polar surface area (TPSA) is 9.23 Å². The fraction of sp³-hybridized carbons (Fsp3) is 0.500. The Morgan fingerprint density at radius 2 is 2.50 bits per heavy atom. The Labute approximate surface area is 55.3 Å². The summed E-state index contributed by atoms with van der Waals surface area (Å²) in [5, 5.41) is 0.627. The smallest absolute Gasteiger partial charge is 0.166 e. The molecule has 0 bridgehead atoms. The molecule has 0 rings (SSSR count). The number of ether oxygens (including phenoxy) is 1. The molecule has 8 heavy (non-hydrogen) atoms. The lowest BCUT2D eigenvalue weighted by molar-refractivity contribution is 0.471. The van der Waals surface area contributed by atoms with Crippen LogP contribution in [0.5, 0.6) is 0 Å². The van der Waals surface area contributed by atoms with E-state index in [9.17, 15) is 0 Å². The van der Waals surface area contributed by atoms with E-state index in [2.05, 4.69) is 13.5 Å². The molecule has 0 spiro atoms. The highest BCUT2D eigenvalue weighted by molar-refractivity contribution is 7.80. The van der Waals surface area contributed by atoms with Crippen molar-refractivity contribution in [2.75, 3.05) is 0 Å². The number of hydrogen-bond donors (Lipinski definition) is 0. The van der Waals surface area contributed by atoms with Gasteiger partial charge >= 0.3 is 0 Å². The first-order chi connectivity index (χ1) is 3.81. The second-order valence-corrected chi connectivity index (χ2v) is 1.86. The van der Waals surface area contributed by atoms with Crippen LogP contribution in [0.1, 0.15) is 19.8 Å². The van der Waals surface area contributed by atoms with Crippen LogP contribution in [0, 0.1) is 0 Å². The lowest BCUT2D eigenvalue weighted by Gasteiger charge is -1.96. The fourth-order valence-electron chi connectivity index (χ4n) is 0.356. The molecular formula is C6H10OS. The summed E-state index contributed by atoms with van der Waals surface area (Å²) in [4.78, 5) is 0. The fourth-order valence-corrected chi connectivity index (χ4v) is 0.628. The maximum absolute atomic E-state index is 4.78. The molecule has 0 aromatic carbocycles. The Morgan fingerprint density at radius 3 is 2.88 bits per heavy atom. The molecule has 46 valence electrons. The van der Waals surface area contributed by atoms with Crippen molar-refractivity contribution in [3.8, 4) is 0 Å². The van der Waals surface area contributed by atoms with Gasteiger partial charge in [0.25, 0.3) is 0 Å². The third kappa shape index (κ3) is 3.81. The highest BCUT2D eigenvalue weighted by Gasteiger charge is 1.88. The second kappa shape index (κ2) is 4.78. The Bertz CT molecular complexity index is 88.5. The van der Waals surface area contributed by atoms with Crippen LogP contribution in [-0.2, 0) is 4.74 Å². The molecule has 0 aliphatic rings. The van der Waals surface area contributed by atoms with Crippen LogP contribution in [0.25, 0.3) is 0 Å². The van der Waals surface area contributed by atoms with Crippen molar-refractivity contribution in [2.24, 2.45) is 0 Å². The zero-order valence-electron chi connectivity index (χ0n) is 5.02. The van der Waals surface area contributed by atoms with E-state index in [1.807, 2.05) is 0 Å². The second-order valence-electron chi connectivity index (χ2n) is 1.41. The molecule has 0 amide bonds. The van der Waals surface area contributed by atoms with Gasteiger partial charge in [0.1, 0.15) is 0 Å². The molecule has 0 aromatic rings. The van der Waals surface area contributed by atoms with Crippen molar-refractivity contribution in [2.45, 2.75) is 19.8 Å². The molecule has 0 N–H and O–H groups in total. The van der Waals surface area contributed by atoms with Crippen LogP contribution < -0.4 is 0 Å². The minimum atomic E-state index is 0.627. The van der Waals surface area contributed by atoms with Gasteiger partial charge in [-0.05, 0) is 18.6 Å². The van der Waals surface area contributed by atoms with Gasteiger partial charge in [-0.3, -0.25) is 0 Å². The van der Waals surface area contributed by atoms with Crippen LogP contribution in [0.4, 0.5) is 0 Å². The molecule has 0 saturated carbocycles. The van der Waals surface area contributed by atoms with Crippen molar-refractivity contribution in [3.05, 3.63) is 12.8 Å². The first kappa shape index (κ1) is 7.63. The summed E-state index contributed by atoms with van der Waals surface area (Å²) in [6.45, 7) is 5.43. The summed E-state index contributed by atoms with van der Waals surface area (Å²) in [6.07, 6.45) is 3.24. The van der Waals surface area contributed by atoms with Crippen molar-refractivity contribution >= 4 is 17.3 Å². The molecule has 0 aliphatic carbocycles. The van der Waals surface area contributed by atoms with E-state index in [1.165, 1.54) is 6.26 Å². The van der Waals surface area contributed by atoms with Gasteiger partial charge in [-0.25, -0.2) is 0 Å². The summed E-state index contributed by atoms with van der Waals surface area (Å²) in [6, 6.07) is 0. The van der Waals surface area contributed by atoms with E-state index in [1.54, 1.807) is 0 Å². The highest BCUT2D eigenvalue weighted by Crippen LogP contribution is 1.93. The van der Waals surface area contributed by atoms with Gasteiger partial charge < -0.3 is 4.74 Å². The van der Waals surface area contributed by atoms with E-state index < -0.39 is 0 Å². The van der Waals surface area contributed by atoms with E-state index >= 15 is 0 Å². The summed E-state index contributed by atoms with van der Waals surface area (Å²) in [5.41, 5.74) is 0. The first-order valence-electron chi connectivity index (χ1n) is 2.61. The van der Waals surface area contributed by atoms with Gasteiger partial charge in [0.15, 0.2) is 5.05 Å². The quantitative estimate of drug-likeness (QED) is 0.428. The van der Waals surface area contributed by atoms with Gasteiger partial charge in [-0.15, -0.1) is 0 Å². The third-order valence-electron chi connectivity index (χ3n) is 0.669. The Morgan fingerprint density at radius 1 is 1.88 bits per heavy atom. The zero-order chi connectivity index (χ0) is 6.41. The van der Waals surface area contributed by atoms with Crippen LogP contribution in [0.3, 0.4) is 0 Å². The molecule has 0 heterocycles. The molecule has 1 nitrogen and oxygen atoms in total. The highest BCUT2D eigenvalue weighted by atomic mass is 32.1. The van der Waals surface area contributed by atoms with E-state index in [4.69, 9.17) is 17.0 Å². The van der Waals surface area contributed by atoms with Gasteiger partial charge in [0, 0.05) is 6.42 Å². The molecule has 0 saturated heterocycles. The summed E-state index contributed by atoms with van der Waals surface area (Å²) >= 11 is 4.76. The van der Waals surface area contributed by atoms with Gasteiger partial charge in [0.05, 0.1) is 6.26 Å². The van der Waals surface area contributed by atoms with Crippen LogP contribution in [0.15, 0.2) is 12.8 Å². The van der Waals surface area contributed by atoms with Gasteiger partial charge in [-0.2, -0.15) is 0 Å². The van der Waals surface area contributed by atoms with Crippen molar-refractivity contribution in [1.29, 1.82) is 0 Å². The van der Waals surface area contributed by atoms with Gasteiger partial charge in [0.2, 0.25) is 0 Å². The van der Waals surface area contributed by atoms with E-state index in [0.717, 1.165) is 12.8 Å². The summed E-state index contributed by atoms with van der Waals surface area (Å²) < 4.78 is 4.78. The molecule has 0 aromatic heterocycles. The normalized spacial score (nSPS) is 8.12. The lowest BCUT2D eigenvalue weighted by atomic mass is 10.4. The van der Waals surface area contributed by atoms with E-state index in [0.29, 0.717) is 5.05 Å². The van der Waals surface area contributed by atoms with Crippen LogP contribution in [-0.4, -0.2) is 5.05 Å². The summed E-state index contributed by atoms with van der Waals surface area (Å²) in [7, 11) is 0. The molecular weight excluding hydrogens is 120 g/mol.